The maximum absolute atomic E-state index is 11.0. The Labute approximate surface area is 83.7 Å². The molecule has 0 bridgehead atoms. The lowest BCUT2D eigenvalue weighted by molar-refractivity contribution is 0.0600. The largest absolute Gasteiger partial charge is 0.465 e. The zero-order chi connectivity index (χ0) is 9.84. The fourth-order valence-corrected chi connectivity index (χ4v) is 1.07. The third kappa shape index (κ3) is 2.50. The van der Waals surface area contributed by atoms with Crippen molar-refractivity contribution in [2.75, 3.05) is 7.11 Å². The highest BCUT2D eigenvalue weighted by atomic mass is 79.9. The first-order chi connectivity index (χ1) is 6.15. The van der Waals surface area contributed by atoms with E-state index in [1.165, 1.54) is 25.6 Å². The normalized spacial score (nSPS) is 12.2. The van der Waals surface area contributed by atoms with Crippen LogP contribution in [0.4, 0.5) is 0 Å². The van der Waals surface area contributed by atoms with Crippen LogP contribution in [0.2, 0.25) is 0 Å². The summed E-state index contributed by atoms with van der Waals surface area (Å²) >= 11 is 2.95. The number of pyridine rings is 1. The number of aliphatic hydroxyl groups is 1. The summed E-state index contributed by atoms with van der Waals surface area (Å²) in [4.78, 5) is 14.8. The second-order valence-electron chi connectivity index (χ2n) is 2.33. The van der Waals surface area contributed by atoms with Crippen molar-refractivity contribution < 1.29 is 14.6 Å². The second-order valence-corrected chi connectivity index (χ2v) is 3.20. The molecule has 0 aromatic carbocycles. The molecule has 4 nitrogen and oxygen atoms in total. The van der Waals surface area contributed by atoms with Crippen LogP contribution in [0.1, 0.15) is 20.9 Å². The van der Waals surface area contributed by atoms with Crippen molar-refractivity contribution in [2.24, 2.45) is 0 Å². The molecule has 0 spiro atoms. The third-order valence-corrected chi connectivity index (χ3v) is 1.98. The van der Waals surface area contributed by atoms with Crippen LogP contribution in [0.15, 0.2) is 18.5 Å². The van der Waals surface area contributed by atoms with Crippen LogP contribution in [0.3, 0.4) is 0 Å². The summed E-state index contributed by atoms with van der Waals surface area (Å²) in [5.41, 5.74) is 0.835. The summed E-state index contributed by atoms with van der Waals surface area (Å²) in [5.74, 6) is -0.470. The molecule has 70 valence electrons. The third-order valence-electron chi connectivity index (χ3n) is 1.46. The Kier molecular flexibility index (Phi) is 3.39. The Balaban J connectivity index is 2.98. The Morgan fingerprint density at radius 3 is 2.92 bits per heavy atom. The number of carbonyl (C=O) groups excluding carboxylic acids is 1. The van der Waals surface area contributed by atoms with Gasteiger partial charge in [-0.25, -0.2) is 4.79 Å². The number of hydrogen-bond acceptors (Lipinski definition) is 4. The van der Waals surface area contributed by atoms with Gasteiger partial charge in [-0.2, -0.15) is 0 Å². The van der Waals surface area contributed by atoms with Crippen molar-refractivity contribution >= 4 is 21.9 Å². The predicted molar refractivity (Wildman–Crippen MR) is 49.5 cm³/mol. The van der Waals surface area contributed by atoms with Crippen LogP contribution in [-0.4, -0.2) is 23.2 Å². The molecule has 0 aliphatic carbocycles. The van der Waals surface area contributed by atoms with Gasteiger partial charge in [0.2, 0.25) is 0 Å². The van der Waals surface area contributed by atoms with Crippen molar-refractivity contribution in [3.63, 3.8) is 0 Å². The van der Waals surface area contributed by atoms with E-state index in [1.807, 2.05) is 0 Å². The van der Waals surface area contributed by atoms with Gasteiger partial charge in [0.25, 0.3) is 0 Å². The number of carbonyl (C=O) groups is 1. The van der Waals surface area contributed by atoms with E-state index < -0.39 is 11.0 Å². The quantitative estimate of drug-likeness (QED) is 0.630. The summed E-state index contributed by atoms with van der Waals surface area (Å²) in [5, 5.41) is 8.31. The predicted octanol–water partition coefficient (Wildman–Crippen LogP) is 1.25. The summed E-state index contributed by atoms with van der Waals surface area (Å²) in [6, 6.07) is 1.51. The molecule has 1 unspecified atom stereocenters. The van der Waals surface area contributed by atoms with Gasteiger partial charge in [0, 0.05) is 18.0 Å². The number of nitrogens with zero attached hydrogens (tertiary/aromatic N) is 1. The van der Waals surface area contributed by atoms with E-state index >= 15 is 0 Å². The summed E-state index contributed by atoms with van der Waals surface area (Å²) in [6.07, 6.45) is 2.84. The van der Waals surface area contributed by atoms with Gasteiger partial charge in [0.15, 0.2) is 0 Å². The number of methoxy groups -OCH3 is 1. The van der Waals surface area contributed by atoms with E-state index in [4.69, 9.17) is 5.11 Å². The van der Waals surface area contributed by atoms with E-state index in [-0.39, 0.29) is 0 Å². The molecule has 0 aliphatic rings. The van der Waals surface area contributed by atoms with Gasteiger partial charge in [-0.05, 0) is 6.07 Å². The standard InChI is InChI=1S/C8H8BrNO3/c1-13-8(12)6-2-5(7(9)11)3-10-4-6/h2-4,7,11H,1H3. The number of hydrogen-bond donors (Lipinski definition) is 1. The van der Waals surface area contributed by atoms with Crippen molar-refractivity contribution in [1.29, 1.82) is 0 Å². The molecule has 0 saturated carbocycles. The Bertz CT molecular complexity index is 314. The SMILES string of the molecule is COC(=O)c1cncc(C(O)Br)c1. The van der Waals surface area contributed by atoms with E-state index in [9.17, 15) is 4.79 Å². The molecule has 1 N–H and O–H groups in total. The molecule has 1 heterocycles. The lowest BCUT2D eigenvalue weighted by Crippen LogP contribution is -2.03. The van der Waals surface area contributed by atoms with Gasteiger partial charge < -0.3 is 9.84 Å². The van der Waals surface area contributed by atoms with Gasteiger partial charge >= 0.3 is 5.97 Å². The number of halogens is 1. The molecule has 1 rings (SSSR count). The van der Waals surface area contributed by atoms with Crippen LogP contribution in [-0.2, 0) is 4.74 Å². The van der Waals surface area contributed by atoms with E-state index in [2.05, 4.69) is 25.7 Å². The number of aliphatic hydroxyl groups excluding tert-OH is 1. The lowest BCUT2D eigenvalue weighted by Gasteiger charge is -2.03. The molecule has 1 atom stereocenters. The summed E-state index contributed by atoms with van der Waals surface area (Å²) < 4.78 is 4.50. The highest BCUT2D eigenvalue weighted by Crippen LogP contribution is 2.18. The van der Waals surface area contributed by atoms with Gasteiger partial charge in [-0.15, -0.1) is 0 Å². The molecule has 0 saturated heterocycles. The zero-order valence-electron chi connectivity index (χ0n) is 6.90. The van der Waals surface area contributed by atoms with Crippen LogP contribution in [0.25, 0.3) is 0 Å². The Hall–Kier alpha value is -0.940. The summed E-state index contributed by atoms with van der Waals surface area (Å²) in [7, 11) is 1.29. The van der Waals surface area contributed by atoms with Crippen LogP contribution >= 0.6 is 15.9 Å². The van der Waals surface area contributed by atoms with Gasteiger partial charge in [-0.3, -0.25) is 4.98 Å². The van der Waals surface area contributed by atoms with Crippen molar-refractivity contribution in [3.05, 3.63) is 29.6 Å². The average Bonchev–Trinajstić information content (AvgIpc) is 2.17. The van der Waals surface area contributed by atoms with Crippen molar-refractivity contribution in [3.8, 4) is 0 Å². The molecule has 0 radical (unpaired) electrons. The maximum Gasteiger partial charge on any atom is 0.339 e. The van der Waals surface area contributed by atoms with Gasteiger partial charge in [0.05, 0.1) is 12.7 Å². The van der Waals surface area contributed by atoms with Crippen molar-refractivity contribution in [1.82, 2.24) is 4.98 Å². The summed E-state index contributed by atoms with van der Waals surface area (Å²) in [6.45, 7) is 0. The monoisotopic (exact) mass is 245 g/mol. The number of esters is 1. The van der Waals surface area contributed by atoms with Crippen LogP contribution in [0.5, 0.6) is 0 Å². The fraction of sp³-hybridized carbons (Fsp3) is 0.250. The van der Waals surface area contributed by atoms with E-state index in [0.717, 1.165) is 0 Å². The van der Waals surface area contributed by atoms with Gasteiger partial charge in [0.1, 0.15) is 5.01 Å². The molecule has 5 heteroatoms. The van der Waals surface area contributed by atoms with Crippen molar-refractivity contribution in [2.45, 2.75) is 5.01 Å². The Morgan fingerprint density at radius 1 is 1.69 bits per heavy atom. The molecular weight excluding hydrogens is 238 g/mol. The topological polar surface area (TPSA) is 59.4 Å². The smallest absolute Gasteiger partial charge is 0.339 e. The maximum atomic E-state index is 11.0. The first kappa shape index (κ1) is 10.1. The van der Waals surface area contributed by atoms with Crippen LogP contribution < -0.4 is 0 Å². The molecular formula is C8H8BrNO3. The molecule has 0 aliphatic heterocycles. The molecule has 0 amide bonds. The second kappa shape index (κ2) is 4.34. The number of alkyl halides is 1. The van der Waals surface area contributed by atoms with E-state index in [0.29, 0.717) is 11.1 Å². The average molecular weight is 246 g/mol. The number of ether oxygens (including phenoxy) is 1. The Morgan fingerprint density at radius 2 is 2.38 bits per heavy atom. The fourth-order valence-electron chi connectivity index (χ4n) is 0.817. The minimum absolute atomic E-state index is 0.318. The lowest BCUT2D eigenvalue weighted by atomic mass is 10.2. The molecule has 0 fully saturated rings. The number of aromatic nitrogens is 1. The number of rotatable bonds is 2. The highest BCUT2D eigenvalue weighted by Gasteiger charge is 2.09. The minimum atomic E-state index is -0.815. The zero-order valence-corrected chi connectivity index (χ0v) is 8.48. The molecule has 13 heavy (non-hydrogen) atoms. The highest BCUT2D eigenvalue weighted by molar-refractivity contribution is 9.09. The van der Waals surface area contributed by atoms with E-state index in [1.54, 1.807) is 0 Å². The van der Waals surface area contributed by atoms with Gasteiger partial charge in [-0.1, -0.05) is 15.9 Å². The molecule has 1 aromatic heterocycles. The minimum Gasteiger partial charge on any atom is -0.465 e. The van der Waals surface area contributed by atoms with Crippen LogP contribution in [0, 0.1) is 0 Å². The first-order valence-corrected chi connectivity index (χ1v) is 4.42. The molecule has 1 aromatic rings. The first-order valence-electron chi connectivity index (χ1n) is 3.50.